The third kappa shape index (κ3) is 6.86. The highest BCUT2D eigenvalue weighted by atomic mass is 19.3. The van der Waals surface area contributed by atoms with Crippen LogP contribution in [0, 0.1) is 0 Å². The Labute approximate surface area is 157 Å². The topological polar surface area (TPSA) is 56.8 Å². The van der Waals surface area contributed by atoms with Gasteiger partial charge >= 0.3 is 6.61 Å². The van der Waals surface area contributed by atoms with Crippen molar-refractivity contribution < 1.29 is 27.8 Å². The van der Waals surface area contributed by atoms with Crippen molar-refractivity contribution in [3.8, 4) is 11.5 Å². The summed E-state index contributed by atoms with van der Waals surface area (Å²) in [5.74, 6) is -0.0367. The van der Waals surface area contributed by atoms with Crippen LogP contribution in [-0.4, -0.2) is 32.3 Å². The van der Waals surface area contributed by atoms with E-state index < -0.39 is 12.7 Å². The molecule has 0 spiro atoms. The fourth-order valence-electron chi connectivity index (χ4n) is 2.41. The molecule has 0 fully saturated rings. The van der Waals surface area contributed by atoms with Gasteiger partial charge in [0.1, 0.15) is 6.10 Å². The first-order chi connectivity index (χ1) is 13.0. The van der Waals surface area contributed by atoms with Crippen molar-refractivity contribution in [2.24, 2.45) is 0 Å². The van der Waals surface area contributed by atoms with Gasteiger partial charge in [-0.1, -0.05) is 36.4 Å². The molecular weight excluding hydrogens is 356 g/mol. The zero-order chi connectivity index (χ0) is 19.6. The monoisotopic (exact) mass is 379 g/mol. The molecule has 0 aliphatic rings. The van der Waals surface area contributed by atoms with Gasteiger partial charge in [-0.05, 0) is 36.6 Å². The Hall–Kier alpha value is -2.67. The number of carbonyl (C=O) groups excluding carboxylic acids is 1. The molecule has 0 radical (unpaired) electrons. The van der Waals surface area contributed by atoms with Crippen molar-refractivity contribution in [2.45, 2.75) is 32.7 Å². The Morgan fingerprint density at radius 3 is 2.48 bits per heavy atom. The van der Waals surface area contributed by atoms with Crippen LogP contribution in [-0.2, 0) is 22.6 Å². The highest BCUT2D eigenvalue weighted by Crippen LogP contribution is 2.29. The molecule has 27 heavy (non-hydrogen) atoms. The Morgan fingerprint density at radius 1 is 1.07 bits per heavy atom. The quantitative estimate of drug-likeness (QED) is 0.686. The fourth-order valence-corrected chi connectivity index (χ4v) is 2.41. The van der Waals surface area contributed by atoms with Crippen LogP contribution in [0.15, 0.2) is 48.5 Å². The first kappa shape index (κ1) is 20.6. The lowest BCUT2D eigenvalue weighted by Gasteiger charge is -2.14. The summed E-state index contributed by atoms with van der Waals surface area (Å²) in [5.41, 5.74) is 1.73. The number of nitrogens with one attached hydrogen (secondary N) is 1. The summed E-state index contributed by atoms with van der Waals surface area (Å²) in [6, 6.07) is 14.3. The number of alkyl halides is 2. The van der Waals surface area contributed by atoms with E-state index in [0.29, 0.717) is 19.6 Å². The van der Waals surface area contributed by atoms with E-state index in [-0.39, 0.29) is 17.4 Å². The Bertz CT molecular complexity index is 725. The Balaban J connectivity index is 1.80. The molecule has 0 saturated carbocycles. The van der Waals surface area contributed by atoms with Crippen LogP contribution in [0.3, 0.4) is 0 Å². The molecule has 0 aliphatic heterocycles. The zero-order valence-corrected chi connectivity index (χ0v) is 15.3. The minimum atomic E-state index is -2.93. The molecule has 2 rings (SSSR count). The van der Waals surface area contributed by atoms with Crippen LogP contribution in [0.2, 0.25) is 0 Å². The molecule has 146 valence electrons. The van der Waals surface area contributed by atoms with Crippen LogP contribution in [0.25, 0.3) is 0 Å². The normalized spacial score (nSPS) is 11.9. The second-order valence-corrected chi connectivity index (χ2v) is 5.84. The summed E-state index contributed by atoms with van der Waals surface area (Å²) in [6.07, 6.45) is -0.139. The van der Waals surface area contributed by atoms with E-state index in [1.165, 1.54) is 13.2 Å². The van der Waals surface area contributed by atoms with Gasteiger partial charge in [0.15, 0.2) is 11.5 Å². The molecule has 0 aromatic heterocycles. The minimum Gasteiger partial charge on any atom is -0.493 e. The molecule has 0 heterocycles. The van der Waals surface area contributed by atoms with Gasteiger partial charge in [0.05, 0.1) is 13.7 Å². The molecule has 0 saturated heterocycles. The molecule has 1 unspecified atom stereocenters. The maximum Gasteiger partial charge on any atom is 0.387 e. The standard InChI is InChI=1S/C20H23F2NO4/c1-14(26-13-16-6-4-3-5-7-16)19(24)23-11-10-15-8-9-17(25-2)18(12-15)27-20(21)22/h3-9,12,14,20H,10-11,13H2,1-2H3,(H,23,24). The number of amides is 1. The number of methoxy groups -OCH3 is 1. The molecule has 0 aliphatic carbocycles. The molecule has 2 aromatic rings. The number of hydrogen-bond donors (Lipinski definition) is 1. The largest absolute Gasteiger partial charge is 0.493 e. The molecule has 7 heteroatoms. The smallest absolute Gasteiger partial charge is 0.387 e. The zero-order valence-electron chi connectivity index (χ0n) is 15.3. The van der Waals surface area contributed by atoms with Gasteiger partial charge in [-0.15, -0.1) is 0 Å². The van der Waals surface area contributed by atoms with Gasteiger partial charge in [0, 0.05) is 6.54 Å². The van der Waals surface area contributed by atoms with Crippen molar-refractivity contribution in [3.05, 3.63) is 59.7 Å². The average molecular weight is 379 g/mol. The number of carbonyl (C=O) groups is 1. The van der Waals surface area contributed by atoms with Crippen molar-refractivity contribution in [1.82, 2.24) is 5.32 Å². The number of benzene rings is 2. The lowest BCUT2D eigenvalue weighted by Crippen LogP contribution is -2.35. The highest BCUT2D eigenvalue weighted by molar-refractivity contribution is 5.80. The van der Waals surface area contributed by atoms with E-state index in [9.17, 15) is 13.6 Å². The number of hydrogen-bond acceptors (Lipinski definition) is 4. The molecule has 1 N–H and O–H groups in total. The molecule has 0 bridgehead atoms. The molecule has 1 atom stereocenters. The van der Waals surface area contributed by atoms with Gasteiger partial charge in [-0.3, -0.25) is 4.79 Å². The van der Waals surface area contributed by atoms with Gasteiger partial charge in [-0.25, -0.2) is 0 Å². The number of rotatable bonds is 10. The molecule has 2 aromatic carbocycles. The molecule has 5 nitrogen and oxygen atoms in total. The van der Waals surface area contributed by atoms with E-state index in [1.807, 2.05) is 30.3 Å². The summed E-state index contributed by atoms with van der Waals surface area (Å²) in [7, 11) is 1.38. The first-order valence-electron chi connectivity index (χ1n) is 8.54. The van der Waals surface area contributed by atoms with Gasteiger partial charge in [0.25, 0.3) is 0 Å². The van der Waals surface area contributed by atoms with Crippen molar-refractivity contribution >= 4 is 5.91 Å². The molecular formula is C20H23F2NO4. The van der Waals surface area contributed by atoms with Gasteiger partial charge in [0.2, 0.25) is 5.91 Å². The maximum atomic E-state index is 12.5. The lowest BCUT2D eigenvalue weighted by atomic mass is 10.1. The lowest BCUT2D eigenvalue weighted by molar-refractivity contribution is -0.132. The maximum absolute atomic E-state index is 12.5. The number of ether oxygens (including phenoxy) is 3. The minimum absolute atomic E-state index is 0.0316. The van der Waals surface area contributed by atoms with E-state index in [2.05, 4.69) is 10.1 Å². The first-order valence-corrected chi connectivity index (χ1v) is 8.54. The van der Waals surface area contributed by atoms with E-state index in [1.54, 1.807) is 19.1 Å². The van der Waals surface area contributed by atoms with Crippen molar-refractivity contribution in [2.75, 3.05) is 13.7 Å². The van der Waals surface area contributed by atoms with Gasteiger partial charge < -0.3 is 19.5 Å². The third-order valence-corrected chi connectivity index (χ3v) is 3.87. The van der Waals surface area contributed by atoms with Crippen LogP contribution in [0.1, 0.15) is 18.1 Å². The van der Waals surface area contributed by atoms with Gasteiger partial charge in [-0.2, -0.15) is 8.78 Å². The summed E-state index contributed by atoms with van der Waals surface area (Å²) in [5, 5.41) is 2.77. The second-order valence-electron chi connectivity index (χ2n) is 5.84. The summed E-state index contributed by atoms with van der Waals surface area (Å²) >= 11 is 0. The van der Waals surface area contributed by atoms with E-state index >= 15 is 0 Å². The summed E-state index contributed by atoms with van der Waals surface area (Å²) in [4.78, 5) is 12.1. The third-order valence-electron chi connectivity index (χ3n) is 3.87. The average Bonchev–Trinajstić information content (AvgIpc) is 2.66. The van der Waals surface area contributed by atoms with Crippen molar-refractivity contribution in [3.63, 3.8) is 0 Å². The Morgan fingerprint density at radius 2 is 1.81 bits per heavy atom. The number of halogens is 2. The van der Waals surface area contributed by atoms with Crippen LogP contribution in [0.4, 0.5) is 8.78 Å². The van der Waals surface area contributed by atoms with E-state index in [0.717, 1.165) is 11.1 Å². The summed E-state index contributed by atoms with van der Waals surface area (Å²) in [6.45, 7) is -0.558. The van der Waals surface area contributed by atoms with Crippen LogP contribution < -0.4 is 14.8 Å². The van der Waals surface area contributed by atoms with Crippen LogP contribution >= 0.6 is 0 Å². The highest BCUT2D eigenvalue weighted by Gasteiger charge is 2.14. The Kier molecular flexibility index (Phi) is 8.00. The SMILES string of the molecule is COc1ccc(CCNC(=O)C(C)OCc2ccccc2)cc1OC(F)F. The predicted octanol–water partition coefficient (Wildman–Crippen LogP) is 3.56. The fraction of sp³-hybridized carbons (Fsp3) is 0.350. The molecule has 1 amide bonds. The van der Waals surface area contributed by atoms with Crippen LogP contribution in [0.5, 0.6) is 11.5 Å². The van der Waals surface area contributed by atoms with Crippen molar-refractivity contribution in [1.29, 1.82) is 0 Å². The predicted molar refractivity (Wildman–Crippen MR) is 97.0 cm³/mol. The van der Waals surface area contributed by atoms with E-state index in [4.69, 9.17) is 9.47 Å². The second kappa shape index (κ2) is 10.5. The summed E-state index contributed by atoms with van der Waals surface area (Å²) < 4.78 is 39.9.